The summed E-state index contributed by atoms with van der Waals surface area (Å²) in [4.78, 5) is 33.7. The Morgan fingerprint density at radius 1 is 1.29 bits per heavy atom. The van der Waals surface area contributed by atoms with Crippen molar-refractivity contribution in [2.24, 2.45) is 11.8 Å². The van der Waals surface area contributed by atoms with Gasteiger partial charge in [-0.25, -0.2) is 4.98 Å². The van der Waals surface area contributed by atoms with Crippen LogP contribution in [0.5, 0.6) is 0 Å². The molecule has 7 nitrogen and oxygen atoms in total. The van der Waals surface area contributed by atoms with Crippen molar-refractivity contribution in [3.63, 3.8) is 0 Å². The van der Waals surface area contributed by atoms with Crippen molar-refractivity contribution >= 4 is 29.2 Å². The number of carbonyl (C=O) groups excluding carboxylic acids is 2. The van der Waals surface area contributed by atoms with E-state index in [0.29, 0.717) is 42.7 Å². The maximum Gasteiger partial charge on any atom is 0.240 e. The molecule has 1 atom stereocenters. The van der Waals surface area contributed by atoms with E-state index in [-0.39, 0.29) is 23.8 Å². The fraction of sp³-hybridized carbons (Fsp3) is 0.652. The monoisotopic (exact) mass is 445 g/mol. The molecule has 168 valence electrons. The molecule has 0 spiro atoms. The van der Waals surface area contributed by atoms with Gasteiger partial charge in [0.1, 0.15) is 11.4 Å². The zero-order valence-electron chi connectivity index (χ0n) is 18.6. The van der Waals surface area contributed by atoms with Crippen molar-refractivity contribution in [1.29, 1.82) is 5.26 Å². The topological polar surface area (TPSA) is 89.3 Å². The van der Waals surface area contributed by atoms with Crippen LogP contribution in [0.25, 0.3) is 0 Å². The summed E-state index contributed by atoms with van der Waals surface area (Å²) < 4.78 is 0. The Labute approximate surface area is 189 Å². The molecule has 0 aromatic carbocycles. The molecule has 2 fully saturated rings. The van der Waals surface area contributed by atoms with Gasteiger partial charge in [0.15, 0.2) is 0 Å². The number of pyridine rings is 1. The van der Waals surface area contributed by atoms with E-state index >= 15 is 0 Å². The van der Waals surface area contributed by atoms with Gasteiger partial charge in [-0.1, -0.05) is 18.5 Å². The predicted octanol–water partition coefficient (Wildman–Crippen LogP) is 3.70. The highest BCUT2D eigenvalue weighted by molar-refractivity contribution is 6.30. The van der Waals surface area contributed by atoms with Crippen molar-refractivity contribution in [3.8, 4) is 6.07 Å². The summed E-state index contributed by atoms with van der Waals surface area (Å²) in [6, 6.07) is 5.51. The molecule has 1 unspecified atom stereocenters. The first-order valence-corrected chi connectivity index (χ1v) is 11.5. The number of nitriles is 1. The van der Waals surface area contributed by atoms with Gasteiger partial charge in [0.05, 0.1) is 17.1 Å². The van der Waals surface area contributed by atoms with Gasteiger partial charge in [0, 0.05) is 19.2 Å². The number of hydrogen-bond acceptors (Lipinski definition) is 5. The third kappa shape index (κ3) is 5.36. The lowest BCUT2D eigenvalue weighted by Gasteiger charge is -2.43. The molecule has 1 aromatic rings. The predicted molar refractivity (Wildman–Crippen MR) is 120 cm³/mol. The van der Waals surface area contributed by atoms with Crippen LogP contribution in [0.4, 0.5) is 5.82 Å². The lowest BCUT2D eigenvalue weighted by molar-refractivity contribution is -0.141. The van der Waals surface area contributed by atoms with Crippen molar-refractivity contribution in [2.75, 3.05) is 25.5 Å². The summed E-state index contributed by atoms with van der Waals surface area (Å²) in [6.45, 7) is 5.45. The second-order valence-corrected chi connectivity index (χ2v) is 9.50. The average molecular weight is 446 g/mol. The summed E-state index contributed by atoms with van der Waals surface area (Å²) >= 11 is 5.83. The van der Waals surface area contributed by atoms with Gasteiger partial charge in [0.2, 0.25) is 11.8 Å². The quantitative estimate of drug-likeness (QED) is 0.746. The van der Waals surface area contributed by atoms with Crippen LogP contribution in [0.2, 0.25) is 5.02 Å². The third-order valence-electron chi connectivity index (χ3n) is 7.07. The molecule has 1 saturated heterocycles. The van der Waals surface area contributed by atoms with E-state index in [0.717, 1.165) is 25.7 Å². The number of nitrogens with zero attached hydrogens (tertiary/aromatic N) is 4. The Morgan fingerprint density at radius 2 is 1.94 bits per heavy atom. The molecule has 1 aliphatic carbocycles. The Kier molecular flexibility index (Phi) is 7.55. The number of likely N-dealkylation sites (tertiary alicyclic amines) is 1. The molecule has 1 N–H and O–H groups in total. The first-order chi connectivity index (χ1) is 14.8. The van der Waals surface area contributed by atoms with Gasteiger partial charge in [-0.3, -0.25) is 14.5 Å². The number of carbonyl (C=O) groups is 2. The van der Waals surface area contributed by atoms with Crippen LogP contribution in [0, 0.1) is 23.2 Å². The molecule has 3 rings (SSSR count). The molecular formula is C23H32ClN5O2. The summed E-state index contributed by atoms with van der Waals surface area (Å²) in [6.07, 6.45) is 6.29. The Balaban J connectivity index is 1.53. The van der Waals surface area contributed by atoms with Crippen LogP contribution in [0.15, 0.2) is 18.3 Å². The van der Waals surface area contributed by atoms with E-state index in [9.17, 15) is 14.9 Å². The van der Waals surface area contributed by atoms with Crippen LogP contribution in [0.1, 0.15) is 52.4 Å². The smallest absolute Gasteiger partial charge is 0.240 e. The molecule has 31 heavy (non-hydrogen) atoms. The largest absolute Gasteiger partial charge is 0.326 e. The number of hydrogen-bond donors (Lipinski definition) is 1. The normalized spacial score (nSPS) is 26.0. The Hall–Kier alpha value is -2.17. The number of anilines is 1. The first-order valence-electron chi connectivity index (χ1n) is 11.1. The number of piperidine rings is 1. The summed E-state index contributed by atoms with van der Waals surface area (Å²) in [5, 5.41) is 13.2. The molecule has 8 heteroatoms. The SMILES string of the molecule is CC1CCC(C#N)(N(C)C(=O)C(C)N2CCC(C(=O)Nc3ccc(Cl)cn3)CC2)CC1. The van der Waals surface area contributed by atoms with Gasteiger partial charge in [0.25, 0.3) is 0 Å². The summed E-state index contributed by atoms with van der Waals surface area (Å²) in [5.74, 6) is 0.926. The minimum Gasteiger partial charge on any atom is -0.326 e. The maximum absolute atomic E-state index is 13.2. The third-order valence-corrected chi connectivity index (χ3v) is 7.29. The molecule has 2 heterocycles. The lowest BCUT2D eigenvalue weighted by Crippen LogP contribution is -2.57. The minimum atomic E-state index is -0.693. The molecule has 2 aliphatic rings. The number of nitrogens with one attached hydrogen (secondary N) is 1. The number of amides is 2. The fourth-order valence-corrected chi connectivity index (χ4v) is 4.75. The van der Waals surface area contributed by atoms with Crippen molar-refractivity contribution in [3.05, 3.63) is 23.4 Å². The van der Waals surface area contributed by atoms with E-state index in [1.165, 1.54) is 6.20 Å². The van der Waals surface area contributed by atoms with Crippen LogP contribution in [-0.4, -0.2) is 58.3 Å². The second kappa shape index (κ2) is 9.97. The number of halogens is 1. The Bertz CT molecular complexity index is 821. The van der Waals surface area contributed by atoms with E-state index in [1.807, 2.05) is 6.92 Å². The molecule has 0 radical (unpaired) electrons. The highest BCUT2D eigenvalue weighted by atomic mass is 35.5. The molecule has 1 aromatic heterocycles. The van der Waals surface area contributed by atoms with Gasteiger partial charge in [-0.15, -0.1) is 0 Å². The van der Waals surface area contributed by atoms with Crippen molar-refractivity contribution < 1.29 is 9.59 Å². The number of likely N-dealkylation sites (N-methyl/N-ethyl adjacent to an activating group) is 1. The van der Waals surface area contributed by atoms with Crippen LogP contribution in [0.3, 0.4) is 0 Å². The zero-order chi connectivity index (χ0) is 22.6. The van der Waals surface area contributed by atoms with Crippen molar-refractivity contribution in [2.45, 2.75) is 64.0 Å². The highest BCUT2D eigenvalue weighted by Gasteiger charge is 2.42. The zero-order valence-corrected chi connectivity index (χ0v) is 19.4. The van der Waals surface area contributed by atoms with Crippen LogP contribution >= 0.6 is 11.6 Å². The maximum atomic E-state index is 13.2. The number of rotatable bonds is 5. The van der Waals surface area contributed by atoms with Gasteiger partial charge >= 0.3 is 0 Å². The Morgan fingerprint density at radius 3 is 2.48 bits per heavy atom. The molecule has 2 amide bonds. The molecule has 0 bridgehead atoms. The van der Waals surface area contributed by atoms with E-state index in [4.69, 9.17) is 11.6 Å². The number of aromatic nitrogens is 1. The van der Waals surface area contributed by atoms with E-state index < -0.39 is 5.54 Å². The second-order valence-electron chi connectivity index (χ2n) is 9.06. The molecule has 1 saturated carbocycles. The average Bonchev–Trinajstić information content (AvgIpc) is 2.80. The van der Waals surface area contributed by atoms with Crippen LogP contribution < -0.4 is 5.32 Å². The van der Waals surface area contributed by atoms with Crippen molar-refractivity contribution in [1.82, 2.24) is 14.8 Å². The van der Waals surface area contributed by atoms with E-state index in [1.54, 1.807) is 24.1 Å². The molecule has 1 aliphatic heterocycles. The van der Waals surface area contributed by atoms with Gasteiger partial charge < -0.3 is 10.2 Å². The lowest BCUT2D eigenvalue weighted by atomic mass is 9.77. The van der Waals surface area contributed by atoms with Gasteiger partial charge in [-0.05, 0) is 76.6 Å². The fourth-order valence-electron chi connectivity index (χ4n) is 4.64. The van der Waals surface area contributed by atoms with Gasteiger partial charge in [-0.2, -0.15) is 5.26 Å². The summed E-state index contributed by atoms with van der Waals surface area (Å²) in [5.41, 5.74) is -0.693. The summed E-state index contributed by atoms with van der Waals surface area (Å²) in [7, 11) is 1.78. The minimum absolute atomic E-state index is 0.00984. The first kappa shape index (κ1) is 23.5. The highest BCUT2D eigenvalue weighted by Crippen LogP contribution is 2.36. The van der Waals surface area contributed by atoms with E-state index in [2.05, 4.69) is 28.2 Å². The molecular weight excluding hydrogens is 414 g/mol. The van der Waals surface area contributed by atoms with Crippen LogP contribution in [-0.2, 0) is 9.59 Å². The standard InChI is InChI=1S/C23H32ClN5O2/c1-16-6-10-23(15-25,11-7-16)28(3)22(31)17(2)29-12-8-18(9-13-29)21(30)27-20-5-4-19(24)14-26-20/h4-5,14,16-18H,6-13H2,1-3H3,(H,26,27,30).